The van der Waals surface area contributed by atoms with E-state index in [0.717, 1.165) is 21.1 Å². The summed E-state index contributed by atoms with van der Waals surface area (Å²) in [5.74, 6) is 2.86. The summed E-state index contributed by atoms with van der Waals surface area (Å²) in [6.45, 7) is 4.01. The van der Waals surface area contributed by atoms with E-state index in [-0.39, 0.29) is 6.10 Å². The van der Waals surface area contributed by atoms with Gasteiger partial charge < -0.3 is 0 Å². The van der Waals surface area contributed by atoms with Crippen molar-refractivity contribution in [1.29, 1.82) is 0 Å². The maximum atomic E-state index is 5.29. The first-order chi connectivity index (χ1) is 4.72. The molecular weight excluding hydrogens is 188 g/mol. The van der Waals surface area contributed by atoms with Crippen molar-refractivity contribution in [2.75, 3.05) is 0 Å². The molecule has 0 radical (unpaired) electrons. The molecule has 0 aliphatic heterocycles. The Morgan fingerprint density at radius 1 is 1.60 bits per heavy atom. The van der Waals surface area contributed by atoms with Crippen molar-refractivity contribution < 1.29 is 4.18 Å². The van der Waals surface area contributed by atoms with Crippen LogP contribution in [0.3, 0.4) is 0 Å². The lowest BCUT2D eigenvalue weighted by Crippen LogP contribution is -2.13. The monoisotopic (exact) mass is 196 g/mol. The highest BCUT2D eigenvalue weighted by molar-refractivity contribution is 8.83. The second-order valence-electron chi connectivity index (χ2n) is 2.06. The zero-order valence-corrected chi connectivity index (χ0v) is 8.22. The van der Waals surface area contributed by atoms with Crippen LogP contribution in [-0.2, 0) is 4.18 Å². The van der Waals surface area contributed by atoms with Crippen LogP contribution in [0, 0.1) is 18.3 Å². The Bertz CT molecular complexity index is 121. The van der Waals surface area contributed by atoms with E-state index >= 15 is 0 Å². The van der Waals surface area contributed by atoms with Crippen LogP contribution in [0.5, 0.6) is 0 Å². The summed E-state index contributed by atoms with van der Waals surface area (Å²) in [5.41, 5.74) is 0. The minimum atomic E-state index is -0.142. The zero-order valence-electron chi connectivity index (χ0n) is 5.83. The fourth-order valence-corrected chi connectivity index (χ4v) is 1.39. The maximum Gasteiger partial charge on any atom is 0.135 e. The quantitative estimate of drug-likeness (QED) is 0.389. The molecule has 0 spiro atoms. The molecule has 4 heteroatoms. The van der Waals surface area contributed by atoms with Gasteiger partial charge in [0.1, 0.15) is 6.10 Å². The van der Waals surface area contributed by atoms with E-state index in [1.165, 1.54) is 0 Å². The molecule has 0 heterocycles. The number of halogens is 1. The predicted molar refractivity (Wildman–Crippen MR) is 49.6 cm³/mol. The number of rotatable bonds is 4. The average molecular weight is 197 g/mol. The Kier molecular flexibility index (Phi) is 6.55. The van der Waals surface area contributed by atoms with E-state index in [9.17, 15) is 0 Å². The molecule has 0 N–H and O–H groups in total. The Morgan fingerprint density at radius 2 is 2.20 bits per heavy atom. The van der Waals surface area contributed by atoms with Gasteiger partial charge in [-0.05, 0) is 16.6 Å². The van der Waals surface area contributed by atoms with Gasteiger partial charge in [0.25, 0.3) is 0 Å². The summed E-state index contributed by atoms with van der Waals surface area (Å²) in [6.07, 6.45) is 5.03. The molecule has 0 amide bonds. The van der Waals surface area contributed by atoms with Gasteiger partial charge >= 0.3 is 0 Å². The molecule has 0 fully saturated rings. The van der Waals surface area contributed by atoms with Crippen molar-refractivity contribution in [3.63, 3.8) is 0 Å². The smallest absolute Gasteiger partial charge is 0.135 e. The second kappa shape index (κ2) is 6.23. The number of terminal acetylenes is 1. The summed E-state index contributed by atoms with van der Waals surface area (Å²) in [4.78, 5) is 0. The molecule has 58 valence electrons. The van der Waals surface area contributed by atoms with Crippen molar-refractivity contribution in [3.05, 3.63) is 0 Å². The molecular formula is C6H9ClOS2. The van der Waals surface area contributed by atoms with Crippen LogP contribution in [0.15, 0.2) is 0 Å². The average Bonchev–Trinajstić information content (AvgIpc) is 1.89. The van der Waals surface area contributed by atoms with Gasteiger partial charge in [0.05, 0.1) is 11.1 Å². The zero-order chi connectivity index (χ0) is 7.98. The van der Waals surface area contributed by atoms with Crippen LogP contribution in [0.25, 0.3) is 0 Å². The molecule has 0 aromatic carbocycles. The fraction of sp³-hybridized carbons (Fsp3) is 0.667. The highest BCUT2D eigenvalue weighted by Gasteiger charge is 2.10. The lowest BCUT2D eigenvalue weighted by Gasteiger charge is -2.11. The highest BCUT2D eigenvalue weighted by atomic mass is 35.7. The van der Waals surface area contributed by atoms with Crippen LogP contribution in [0.1, 0.15) is 13.8 Å². The summed E-state index contributed by atoms with van der Waals surface area (Å²) in [7, 11) is 6.33. The molecule has 10 heavy (non-hydrogen) atoms. The SMILES string of the molecule is C#CC(OSSCl)C(C)C. The van der Waals surface area contributed by atoms with E-state index in [0.29, 0.717) is 5.92 Å². The van der Waals surface area contributed by atoms with Gasteiger partial charge in [-0.2, -0.15) is 0 Å². The molecule has 0 aromatic rings. The second-order valence-corrected chi connectivity index (χ2v) is 4.43. The fourth-order valence-electron chi connectivity index (χ4n) is 0.389. The van der Waals surface area contributed by atoms with Crippen LogP contribution in [0.2, 0.25) is 0 Å². The van der Waals surface area contributed by atoms with Crippen LogP contribution < -0.4 is 0 Å². The Labute approximate surface area is 74.3 Å². The van der Waals surface area contributed by atoms with Gasteiger partial charge in [-0.3, -0.25) is 4.18 Å². The minimum absolute atomic E-state index is 0.142. The van der Waals surface area contributed by atoms with Crippen molar-refractivity contribution >= 4 is 31.8 Å². The summed E-state index contributed by atoms with van der Waals surface area (Å²) < 4.78 is 5.11. The van der Waals surface area contributed by atoms with E-state index < -0.39 is 0 Å². The molecule has 0 rings (SSSR count). The normalized spacial score (nSPS) is 13.1. The van der Waals surface area contributed by atoms with Gasteiger partial charge in [-0.1, -0.05) is 19.8 Å². The van der Waals surface area contributed by atoms with Gasteiger partial charge in [-0.25, -0.2) is 0 Å². The first-order valence-corrected chi connectivity index (χ1v) is 5.69. The summed E-state index contributed by atoms with van der Waals surface area (Å²) in [6, 6.07) is 0. The van der Waals surface area contributed by atoms with E-state index in [4.69, 9.17) is 21.3 Å². The lowest BCUT2D eigenvalue weighted by molar-refractivity contribution is 0.248. The van der Waals surface area contributed by atoms with Crippen molar-refractivity contribution in [3.8, 4) is 12.3 Å². The van der Waals surface area contributed by atoms with Crippen LogP contribution in [0.4, 0.5) is 0 Å². The largest absolute Gasteiger partial charge is 0.287 e. The first kappa shape index (κ1) is 10.5. The van der Waals surface area contributed by atoms with Crippen molar-refractivity contribution in [1.82, 2.24) is 0 Å². The van der Waals surface area contributed by atoms with E-state index in [2.05, 4.69) is 5.92 Å². The Morgan fingerprint density at radius 3 is 2.50 bits per heavy atom. The third-order valence-corrected chi connectivity index (χ3v) is 2.13. The van der Waals surface area contributed by atoms with Gasteiger partial charge in [0.2, 0.25) is 0 Å². The minimum Gasteiger partial charge on any atom is -0.287 e. The van der Waals surface area contributed by atoms with Crippen LogP contribution >= 0.6 is 31.8 Å². The number of hydrogen-bond acceptors (Lipinski definition) is 3. The molecule has 0 aliphatic rings. The predicted octanol–water partition coefficient (Wildman–Crippen LogP) is 3.11. The van der Waals surface area contributed by atoms with Crippen molar-refractivity contribution in [2.24, 2.45) is 5.92 Å². The summed E-state index contributed by atoms with van der Waals surface area (Å²) in [5, 5.41) is 0. The van der Waals surface area contributed by atoms with Gasteiger partial charge in [0, 0.05) is 10.0 Å². The molecule has 1 unspecified atom stereocenters. The van der Waals surface area contributed by atoms with E-state index in [1.807, 2.05) is 13.8 Å². The number of hydrogen-bond donors (Lipinski definition) is 0. The molecule has 1 atom stereocenters. The van der Waals surface area contributed by atoms with Gasteiger partial charge in [0.15, 0.2) is 0 Å². The third-order valence-electron chi connectivity index (χ3n) is 0.938. The Hall–Kier alpha value is 0.510. The van der Waals surface area contributed by atoms with E-state index in [1.54, 1.807) is 0 Å². The molecule has 0 aliphatic carbocycles. The standard InChI is InChI=1S/C6H9ClOS2/c1-4-6(5(2)3)8-10-9-7/h1,5-6H,2-3H3. The molecule has 0 bridgehead atoms. The van der Waals surface area contributed by atoms with Gasteiger partial charge in [-0.15, -0.1) is 6.42 Å². The molecule has 0 saturated heterocycles. The maximum absolute atomic E-state index is 5.29. The molecule has 1 nitrogen and oxygen atoms in total. The van der Waals surface area contributed by atoms with Crippen LogP contribution in [-0.4, -0.2) is 6.10 Å². The van der Waals surface area contributed by atoms with Crippen molar-refractivity contribution in [2.45, 2.75) is 20.0 Å². The molecule has 0 saturated carbocycles. The molecule has 0 aromatic heterocycles. The Balaban J connectivity index is 3.53. The highest BCUT2D eigenvalue weighted by Crippen LogP contribution is 2.29. The lowest BCUT2D eigenvalue weighted by atomic mass is 10.1. The summed E-state index contributed by atoms with van der Waals surface area (Å²) >= 11 is 1.11. The topological polar surface area (TPSA) is 9.23 Å². The first-order valence-electron chi connectivity index (χ1n) is 2.79. The third kappa shape index (κ3) is 4.35.